The van der Waals surface area contributed by atoms with Crippen LogP contribution in [0.2, 0.25) is 0 Å². The van der Waals surface area contributed by atoms with E-state index in [-0.39, 0.29) is 36.0 Å². The number of rotatable bonds is 9. The standard InChI is InChI=1S/C48H75N3O17/c1-20-9-12-48(63-17-20)21(2)33-30(68-48)14-29-27-8-7-24-13-26(10-11-46(24,5)28(27)15-32(52)47(29,33)6)51-16-25(49-50-51)18-61-44-41(60)38(57)42(67-45-40(59)37(56)35(54)23(4)65-45)31(66-44)19-62-43-39(58)36(55)34(53)22(3)64-43/h16,20-24,26-31,33-45,53-60H,7-15,17-19H2,1-6H3/t20-,21+,22+,23+,24+,26-,27-,28+,29+,30+,31-,33+,34+,35+,36-,37-,38-,39-,40-,41-,42-,43-,44-,45+,46+,47-,48-/m1/s1. The Labute approximate surface area is 396 Å². The highest BCUT2D eigenvalue weighted by Gasteiger charge is 2.72. The highest BCUT2D eigenvalue weighted by Crippen LogP contribution is 2.70. The van der Waals surface area contributed by atoms with E-state index < -0.39 is 110 Å². The predicted octanol–water partition coefficient (Wildman–Crippen LogP) is 0.465. The van der Waals surface area contributed by atoms with Crippen LogP contribution in [0, 0.1) is 52.3 Å². The summed E-state index contributed by atoms with van der Waals surface area (Å²) in [6, 6.07) is 0.0853. The number of nitrogens with zero attached hydrogens (tertiary/aromatic N) is 3. The molecule has 4 saturated carbocycles. The van der Waals surface area contributed by atoms with Gasteiger partial charge in [0.1, 0.15) is 72.5 Å². The van der Waals surface area contributed by atoms with E-state index >= 15 is 0 Å². The number of carbonyl (C=O) groups is 1. The largest absolute Gasteiger partial charge is 0.388 e. The number of hydrogen-bond acceptors (Lipinski definition) is 19. The highest BCUT2D eigenvalue weighted by molar-refractivity contribution is 5.87. The van der Waals surface area contributed by atoms with E-state index in [9.17, 15) is 45.6 Å². The molecule has 0 radical (unpaired) electrons. The molecule has 20 nitrogen and oxygen atoms in total. The first-order valence-electron chi connectivity index (χ1n) is 25.3. The molecular formula is C48H75N3O17. The van der Waals surface area contributed by atoms with Gasteiger partial charge in [-0.05, 0) is 93.8 Å². The van der Waals surface area contributed by atoms with Gasteiger partial charge >= 0.3 is 0 Å². The van der Waals surface area contributed by atoms with Crippen molar-refractivity contribution in [2.75, 3.05) is 13.2 Å². The van der Waals surface area contributed by atoms with Crippen molar-refractivity contribution in [1.82, 2.24) is 15.0 Å². The third-order valence-corrected chi connectivity index (χ3v) is 19.1. The summed E-state index contributed by atoms with van der Waals surface area (Å²) >= 11 is 0. The number of ketones is 1. The van der Waals surface area contributed by atoms with Crippen LogP contribution in [0.15, 0.2) is 6.20 Å². The zero-order valence-electron chi connectivity index (χ0n) is 40.0. The van der Waals surface area contributed by atoms with Gasteiger partial charge in [0.15, 0.2) is 24.7 Å². The summed E-state index contributed by atoms with van der Waals surface area (Å²) < 4.78 is 50.3. The average Bonchev–Trinajstić information content (AvgIpc) is 3.99. The third kappa shape index (κ3) is 8.16. The molecule has 6 heterocycles. The van der Waals surface area contributed by atoms with Gasteiger partial charge in [0, 0.05) is 30.1 Å². The minimum atomic E-state index is -1.74. The van der Waals surface area contributed by atoms with Crippen LogP contribution < -0.4 is 0 Å². The zero-order valence-corrected chi connectivity index (χ0v) is 40.0. The van der Waals surface area contributed by atoms with Crippen molar-refractivity contribution >= 4 is 5.78 Å². The molecule has 0 unspecified atom stereocenters. The van der Waals surface area contributed by atoms with Crippen LogP contribution in [0.25, 0.3) is 0 Å². The molecule has 9 fully saturated rings. The molecule has 384 valence electrons. The first kappa shape index (κ1) is 49.7. The Balaban J connectivity index is 0.778. The van der Waals surface area contributed by atoms with E-state index in [2.05, 4.69) is 38.0 Å². The van der Waals surface area contributed by atoms with Crippen molar-refractivity contribution in [1.29, 1.82) is 0 Å². The Morgan fingerprint density at radius 2 is 1.43 bits per heavy atom. The van der Waals surface area contributed by atoms with E-state index in [1.165, 1.54) is 13.8 Å². The second-order valence-corrected chi connectivity index (χ2v) is 22.8. The topological polar surface area (TPSA) is 283 Å². The summed E-state index contributed by atoms with van der Waals surface area (Å²) in [5.41, 5.74) is 0.0790. The maximum Gasteiger partial charge on any atom is 0.187 e. The van der Waals surface area contributed by atoms with E-state index in [1.54, 1.807) is 0 Å². The molecule has 0 bridgehead atoms. The molecule has 9 aliphatic rings. The quantitative estimate of drug-likeness (QED) is 0.167. The summed E-state index contributed by atoms with van der Waals surface area (Å²) in [7, 11) is 0. The molecule has 8 N–H and O–H groups in total. The Kier molecular flexibility index (Phi) is 13.6. The highest BCUT2D eigenvalue weighted by atomic mass is 16.8. The molecule has 20 heteroatoms. The monoisotopic (exact) mass is 966 g/mol. The fraction of sp³-hybridized carbons (Fsp3) is 0.938. The minimum Gasteiger partial charge on any atom is -0.388 e. The van der Waals surface area contributed by atoms with Crippen molar-refractivity contribution in [2.24, 2.45) is 52.3 Å². The van der Waals surface area contributed by atoms with Crippen molar-refractivity contribution in [3.05, 3.63) is 11.9 Å². The SMILES string of the molecule is C[C@@H]1CC[C@@]2(OC1)O[C@H]1C[C@H]3[C@@H]4CC[C@H]5C[C@H](n6cc(CO[C@@H]7O[C@H](CO[C@@H]8O[C@@H](C)[C@H](O)[C@@H](O)[C@H]8O)[C@@H](O[C@@H]8O[C@@H](C)[C@H](O)[C@@H](O)[C@H]8O)[C@H](O)[C@H]7O)nn6)CC[C@]5(C)[C@H]4CC(=O)[C@]3(C)[C@H]1[C@@H]2C. The van der Waals surface area contributed by atoms with Gasteiger partial charge < -0.3 is 78.7 Å². The van der Waals surface area contributed by atoms with Crippen LogP contribution in [0.4, 0.5) is 0 Å². The maximum absolute atomic E-state index is 14.6. The number of Topliss-reactive ketones (excluding diaryl/α,β-unsaturated/α-hetero) is 1. The first-order valence-corrected chi connectivity index (χ1v) is 25.3. The molecule has 0 aromatic carbocycles. The van der Waals surface area contributed by atoms with Crippen molar-refractivity contribution < 1.29 is 83.5 Å². The third-order valence-electron chi connectivity index (χ3n) is 19.1. The van der Waals surface area contributed by atoms with E-state index in [4.69, 9.17) is 37.9 Å². The predicted molar refractivity (Wildman–Crippen MR) is 232 cm³/mol. The van der Waals surface area contributed by atoms with E-state index in [1.807, 2.05) is 10.9 Å². The number of fused-ring (bicyclic) bond motifs is 7. The molecule has 10 rings (SSSR count). The second-order valence-electron chi connectivity index (χ2n) is 22.8. The lowest BCUT2D eigenvalue weighted by molar-refractivity contribution is -0.365. The van der Waals surface area contributed by atoms with Crippen molar-refractivity contribution in [3.63, 3.8) is 0 Å². The molecule has 1 aromatic heterocycles. The average molecular weight is 966 g/mol. The van der Waals surface area contributed by atoms with Gasteiger partial charge in [-0.25, -0.2) is 4.68 Å². The summed E-state index contributed by atoms with van der Waals surface area (Å²) in [5.74, 6) is 2.27. The normalized spacial score (nSPS) is 54.8. The lowest BCUT2D eigenvalue weighted by Crippen LogP contribution is -2.64. The van der Waals surface area contributed by atoms with Crippen LogP contribution in [-0.4, -0.2) is 179 Å². The second kappa shape index (κ2) is 18.6. The number of aliphatic hydroxyl groups excluding tert-OH is 8. The van der Waals surface area contributed by atoms with Gasteiger partial charge in [0.2, 0.25) is 0 Å². The maximum atomic E-state index is 14.6. The van der Waals surface area contributed by atoms with Gasteiger partial charge in [0.05, 0.1) is 50.4 Å². The molecule has 5 saturated heterocycles. The van der Waals surface area contributed by atoms with E-state index in [0.29, 0.717) is 54.1 Å². The fourth-order valence-electron chi connectivity index (χ4n) is 14.9. The fourth-order valence-corrected chi connectivity index (χ4v) is 14.9. The van der Waals surface area contributed by atoms with Crippen molar-refractivity contribution in [2.45, 2.75) is 216 Å². The Morgan fingerprint density at radius 1 is 0.750 bits per heavy atom. The molecule has 0 amide bonds. The summed E-state index contributed by atoms with van der Waals surface area (Å²) in [5, 5.41) is 94.2. The lowest BCUT2D eigenvalue weighted by atomic mass is 9.44. The molecule has 27 atom stereocenters. The number of ether oxygens (including phenoxy) is 8. The van der Waals surface area contributed by atoms with Gasteiger partial charge in [-0.3, -0.25) is 4.79 Å². The minimum absolute atomic E-state index is 0.0229. The zero-order chi connectivity index (χ0) is 48.4. The number of aromatic nitrogens is 3. The molecule has 1 spiro atoms. The van der Waals surface area contributed by atoms with E-state index in [0.717, 1.165) is 51.4 Å². The first-order chi connectivity index (χ1) is 32.2. The number of carbonyl (C=O) groups excluding carboxylic acids is 1. The lowest BCUT2D eigenvalue weighted by Gasteiger charge is -2.60. The molecule has 4 aliphatic carbocycles. The van der Waals surface area contributed by atoms with Crippen LogP contribution in [0.1, 0.15) is 111 Å². The van der Waals surface area contributed by atoms with Gasteiger partial charge in [-0.15, -0.1) is 5.10 Å². The summed E-state index contributed by atoms with van der Waals surface area (Å²) in [4.78, 5) is 14.6. The molecular weight excluding hydrogens is 891 g/mol. The van der Waals surface area contributed by atoms with Gasteiger partial charge in [0.25, 0.3) is 0 Å². The van der Waals surface area contributed by atoms with Crippen LogP contribution in [0.5, 0.6) is 0 Å². The molecule has 68 heavy (non-hydrogen) atoms. The summed E-state index contributed by atoms with van der Waals surface area (Å²) in [6.45, 7) is 12.2. The molecule has 5 aliphatic heterocycles. The van der Waals surface area contributed by atoms with Crippen molar-refractivity contribution in [3.8, 4) is 0 Å². The van der Waals surface area contributed by atoms with Gasteiger partial charge in [-0.1, -0.05) is 32.9 Å². The number of hydrogen-bond donors (Lipinski definition) is 8. The van der Waals surface area contributed by atoms with Crippen LogP contribution in [-0.2, 0) is 49.3 Å². The molecule has 1 aromatic rings. The Morgan fingerprint density at radius 3 is 2.13 bits per heavy atom. The van der Waals surface area contributed by atoms with Crippen LogP contribution >= 0.6 is 0 Å². The van der Waals surface area contributed by atoms with Gasteiger partial charge in [-0.2, -0.15) is 0 Å². The number of aliphatic hydroxyl groups is 8. The Bertz CT molecular complexity index is 1960. The smallest absolute Gasteiger partial charge is 0.187 e. The summed E-state index contributed by atoms with van der Waals surface area (Å²) in [6.07, 6.45) is -11.7. The van der Waals surface area contributed by atoms with Crippen LogP contribution in [0.3, 0.4) is 0 Å². The Hall–Kier alpha value is -1.83.